The van der Waals surface area contributed by atoms with Crippen molar-refractivity contribution in [2.24, 2.45) is 0 Å². The molecule has 0 spiro atoms. The van der Waals surface area contributed by atoms with Gasteiger partial charge in [-0.1, -0.05) is 11.3 Å². The number of carboxylic acids is 1. The van der Waals surface area contributed by atoms with Crippen molar-refractivity contribution in [1.29, 1.82) is 0 Å². The number of aromatic nitrogens is 4. The standard InChI is InChI=1S/C12H14N4O4S/c17-11(18)8-4-3-7(20-8)10-15-16-9(6-2-1-5-19-6)13-14-12(16)21-10/h6-8H,1-5H2,(H,17,18). The molecular formula is C12H14N4O4S. The minimum atomic E-state index is -0.916. The summed E-state index contributed by atoms with van der Waals surface area (Å²) in [6, 6.07) is 0. The molecule has 0 aromatic carbocycles. The van der Waals surface area contributed by atoms with Gasteiger partial charge in [0.1, 0.15) is 17.2 Å². The number of carboxylic acid groups (broad SMARTS) is 1. The molecule has 3 unspecified atom stereocenters. The van der Waals surface area contributed by atoms with Crippen LogP contribution >= 0.6 is 11.3 Å². The van der Waals surface area contributed by atoms with Crippen LogP contribution in [0.15, 0.2) is 0 Å². The molecule has 0 radical (unpaired) electrons. The van der Waals surface area contributed by atoms with Crippen molar-refractivity contribution in [3.05, 3.63) is 10.8 Å². The third-order valence-corrected chi connectivity index (χ3v) is 4.81. The Kier molecular flexibility index (Phi) is 3.12. The molecule has 8 nitrogen and oxygen atoms in total. The van der Waals surface area contributed by atoms with E-state index < -0.39 is 12.1 Å². The molecule has 21 heavy (non-hydrogen) atoms. The molecule has 0 saturated carbocycles. The van der Waals surface area contributed by atoms with Gasteiger partial charge in [0.2, 0.25) is 4.96 Å². The normalized spacial score (nSPS) is 29.4. The topological polar surface area (TPSA) is 98.8 Å². The van der Waals surface area contributed by atoms with Crippen LogP contribution in [-0.4, -0.2) is 43.6 Å². The van der Waals surface area contributed by atoms with Crippen LogP contribution in [0.3, 0.4) is 0 Å². The smallest absolute Gasteiger partial charge is 0.332 e. The molecule has 1 N–H and O–H groups in total. The zero-order chi connectivity index (χ0) is 14.4. The minimum Gasteiger partial charge on any atom is -0.479 e. The van der Waals surface area contributed by atoms with Gasteiger partial charge in [0.05, 0.1) is 0 Å². The molecule has 2 fully saturated rings. The van der Waals surface area contributed by atoms with Crippen LogP contribution in [0.5, 0.6) is 0 Å². The molecule has 112 valence electrons. The van der Waals surface area contributed by atoms with Crippen molar-refractivity contribution >= 4 is 22.3 Å². The summed E-state index contributed by atoms with van der Waals surface area (Å²) in [5.74, 6) is -0.196. The third kappa shape index (κ3) is 2.21. The highest BCUT2D eigenvalue weighted by Gasteiger charge is 2.34. The lowest BCUT2D eigenvalue weighted by Gasteiger charge is -2.07. The van der Waals surface area contributed by atoms with Gasteiger partial charge < -0.3 is 14.6 Å². The summed E-state index contributed by atoms with van der Waals surface area (Å²) in [5, 5.41) is 22.5. The van der Waals surface area contributed by atoms with Gasteiger partial charge in [-0.2, -0.15) is 9.61 Å². The van der Waals surface area contributed by atoms with Crippen molar-refractivity contribution in [1.82, 2.24) is 19.8 Å². The predicted molar refractivity (Wildman–Crippen MR) is 71.1 cm³/mol. The number of hydrogen-bond donors (Lipinski definition) is 1. The van der Waals surface area contributed by atoms with E-state index >= 15 is 0 Å². The van der Waals surface area contributed by atoms with Crippen molar-refractivity contribution in [3.63, 3.8) is 0 Å². The van der Waals surface area contributed by atoms with Gasteiger partial charge in [0.25, 0.3) is 0 Å². The van der Waals surface area contributed by atoms with E-state index in [4.69, 9.17) is 14.6 Å². The number of rotatable bonds is 3. The van der Waals surface area contributed by atoms with Gasteiger partial charge in [0.15, 0.2) is 11.9 Å². The summed E-state index contributed by atoms with van der Waals surface area (Å²) >= 11 is 1.39. The monoisotopic (exact) mass is 310 g/mol. The first-order valence-electron chi connectivity index (χ1n) is 6.94. The summed E-state index contributed by atoms with van der Waals surface area (Å²) in [4.78, 5) is 11.6. The Bertz CT molecular complexity index is 678. The molecule has 3 atom stereocenters. The number of hydrogen-bond acceptors (Lipinski definition) is 7. The lowest BCUT2D eigenvalue weighted by molar-refractivity contribution is -0.149. The quantitative estimate of drug-likeness (QED) is 0.913. The van der Waals surface area contributed by atoms with Gasteiger partial charge >= 0.3 is 5.97 Å². The second-order valence-corrected chi connectivity index (χ2v) is 6.21. The maximum atomic E-state index is 10.9. The first-order chi connectivity index (χ1) is 10.2. The highest BCUT2D eigenvalue weighted by atomic mass is 32.1. The third-order valence-electron chi connectivity index (χ3n) is 3.82. The summed E-state index contributed by atoms with van der Waals surface area (Å²) in [7, 11) is 0. The van der Waals surface area contributed by atoms with Crippen molar-refractivity contribution in [2.75, 3.05) is 6.61 Å². The van der Waals surface area contributed by atoms with E-state index in [0.717, 1.165) is 30.3 Å². The first-order valence-corrected chi connectivity index (χ1v) is 7.76. The van der Waals surface area contributed by atoms with Crippen molar-refractivity contribution in [2.45, 2.75) is 44.0 Å². The summed E-state index contributed by atoms with van der Waals surface area (Å²) in [5.41, 5.74) is 0. The number of fused-ring (bicyclic) bond motifs is 1. The molecule has 4 heterocycles. The molecule has 0 amide bonds. The van der Waals surface area contributed by atoms with E-state index in [1.54, 1.807) is 4.52 Å². The van der Waals surface area contributed by atoms with Crippen molar-refractivity contribution in [3.8, 4) is 0 Å². The lowest BCUT2D eigenvalue weighted by atomic mass is 10.2. The van der Waals surface area contributed by atoms with E-state index in [1.807, 2.05) is 0 Å². The Hall–Kier alpha value is -1.58. The minimum absolute atomic E-state index is 0.0498. The van der Waals surface area contributed by atoms with Gasteiger partial charge in [0, 0.05) is 6.61 Å². The molecule has 9 heteroatoms. The van der Waals surface area contributed by atoms with E-state index in [-0.39, 0.29) is 12.2 Å². The summed E-state index contributed by atoms with van der Waals surface area (Å²) < 4.78 is 12.9. The van der Waals surface area contributed by atoms with Crippen molar-refractivity contribution < 1.29 is 19.4 Å². The fourth-order valence-corrected chi connectivity index (χ4v) is 3.68. The number of ether oxygens (including phenoxy) is 2. The molecule has 2 aromatic rings. The predicted octanol–water partition coefficient (Wildman–Crippen LogP) is 1.34. The molecule has 2 aromatic heterocycles. The van der Waals surface area contributed by atoms with E-state index in [2.05, 4.69) is 15.3 Å². The van der Waals surface area contributed by atoms with Crippen LogP contribution in [0.1, 0.15) is 48.7 Å². The number of nitrogens with zero attached hydrogens (tertiary/aromatic N) is 4. The van der Waals surface area contributed by atoms with Crippen LogP contribution in [-0.2, 0) is 14.3 Å². The molecule has 0 bridgehead atoms. The number of aliphatic carboxylic acids is 1. The van der Waals surface area contributed by atoms with Crippen LogP contribution in [0.2, 0.25) is 0 Å². The molecule has 2 saturated heterocycles. The second kappa shape index (κ2) is 5.00. The zero-order valence-corrected chi connectivity index (χ0v) is 12.0. The highest BCUT2D eigenvalue weighted by Crippen LogP contribution is 2.36. The van der Waals surface area contributed by atoms with E-state index in [9.17, 15) is 4.79 Å². The summed E-state index contributed by atoms with van der Waals surface area (Å²) in [6.45, 7) is 0.739. The summed E-state index contributed by atoms with van der Waals surface area (Å²) in [6.07, 6.45) is 2.06. The Morgan fingerprint density at radius 1 is 1.29 bits per heavy atom. The Balaban J connectivity index is 1.61. The average Bonchev–Trinajstić information content (AvgIpc) is 3.21. The Morgan fingerprint density at radius 3 is 2.90 bits per heavy atom. The van der Waals surface area contributed by atoms with Crippen LogP contribution < -0.4 is 0 Å². The second-order valence-electron chi connectivity index (χ2n) is 5.22. The average molecular weight is 310 g/mol. The molecule has 4 rings (SSSR count). The molecular weight excluding hydrogens is 296 g/mol. The lowest BCUT2D eigenvalue weighted by Crippen LogP contribution is -2.18. The molecule has 2 aliphatic heterocycles. The van der Waals surface area contributed by atoms with Crippen LogP contribution in [0.4, 0.5) is 0 Å². The fraction of sp³-hybridized carbons (Fsp3) is 0.667. The van der Waals surface area contributed by atoms with E-state index in [1.165, 1.54) is 11.3 Å². The van der Waals surface area contributed by atoms with Gasteiger partial charge in [-0.25, -0.2) is 4.79 Å². The van der Waals surface area contributed by atoms with Gasteiger partial charge in [-0.3, -0.25) is 0 Å². The van der Waals surface area contributed by atoms with Crippen LogP contribution in [0, 0.1) is 0 Å². The number of carbonyl (C=O) groups is 1. The maximum Gasteiger partial charge on any atom is 0.332 e. The molecule has 0 aliphatic carbocycles. The zero-order valence-electron chi connectivity index (χ0n) is 11.1. The fourth-order valence-electron chi connectivity index (χ4n) is 2.76. The van der Waals surface area contributed by atoms with E-state index in [0.29, 0.717) is 17.8 Å². The SMILES string of the molecule is O=C(O)C1CCC(c2nn3c(C4CCCO4)nnc3s2)O1. The van der Waals surface area contributed by atoms with Crippen LogP contribution in [0.25, 0.3) is 4.96 Å². The van der Waals surface area contributed by atoms with Gasteiger partial charge in [-0.15, -0.1) is 10.2 Å². The maximum absolute atomic E-state index is 10.9. The first kappa shape index (κ1) is 13.1. The largest absolute Gasteiger partial charge is 0.479 e. The van der Waals surface area contributed by atoms with Gasteiger partial charge in [-0.05, 0) is 25.7 Å². The molecule has 2 aliphatic rings. The highest BCUT2D eigenvalue weighted by molar-refractivity contribution is 7.16. The Morgan fingerprint density at radius 2 is 2.19 bits per heavy atom. The Labute approximate surface area is 123 Å².